The van der Waals surface area contributed by atoms with Crippen LogP contribution in [0.15, 0.2) is 12.1 Å². The zero-order valence-electron chi connectivity index (χ0n) is 7.76. The van der Waals surface area contributed by atoms with E-state index in [0.717, 1.165) is 0 Å². The molecule has 0 atom stereocenters. The van der Waals surface area contributed by atoms with Crippen LogP contribution in [0.25, 0.3) is 0 Å². The minimum absolute atomic E-state index is 0.421. The van der Waals surface area contributed by atoms with Crippen molar-refractivity contribution in [2.24, 2.45) is 0 Å². The van der Waals surface area contributed by atoms with Gasteiger partial charge < -0.3 is 14.2 Å². The summed E-state index contributed by atoms with van der Waals surface area (Å²) in [7, 11) is 4.64. The number of halogens is 1. The molecule has 0 unspecified atom stereocenters. The van der Waals surface area contributed by atoms with Gasteiger partial charge in [0.05, 0.1) is 21.3 Å². The van der Waals surface area contributed by atoms with Crippen molar-refractivity contribution in [2.75, 3.05) is 21.3 Å². The summed E-state index contributed by atoms with van der Waals surface area (Å²) in [6.45, 7) is 0. The lowest BCUT2D eigenvalue weighted by Crippen LogP contribution is -1.93. The fraction of sp³-hybridized carbons (Fsp3) is 0.333. The second-order valence-electron chi connectivity index (χ2n) is 2.32. The van der Waals surface area contributed by atoms with E-state index >= 15 is 0 Å². The molecule has 3 nitrogen and oxygen atoms in total. The Bertz CT molecular complexity index is 299. The van der Waals surface area contributed by atoms with Crippen molar-refractivity contribution in [3.63, 3.8) is 0 Å². The molecule has 0 aliphatic carbocycles. The topological polar surface area (TPSA) is 27.7 Å². The van der Waals surface area contributed by atoms with Crippen molar-refractivity contribution in [1.29, 1.82) is 0 Å². The molecule has 0 aliphatic rings. The maximum atomic E-state index is 5.96. The predicted octanol–water partition coefficient (Wildman–Crippen LogP) is 2.37. The van der Waals surface area contributed by atoms with E-state index in [2.05, 4.69) is 0 Å². The van der Waals surface area contributed by atoms with Gasteiger partial charge in [0.25, 0.3) is 0 Å². The summed E-state index contributed by atoms with van der Waals surface area (Å²) in [4.78, 5) is 0. The molecule has 0 aliphatic heterocycles. The Morgan fingerprint density at radius 2 is 1.46 bits per heavy atom. The average molecular weight is 203 g/mol. The summed E-state index contributed by atoms with van der Waals surface area (Å²) in [5, 5.41) is 0.421. The Morgan fingerprint density at radius 1 is 0.923 bits per heavy atom. The summed E-state index contributed by atoms with van der Waals surface area (Å²) in [6, 6.07) is 3.47. The summed E-state index contributed by atoms with van der Waals surface area (Å²) >= 11 is 5.96. The maximum Gasteiger partial charge on any atom is 0.183 e. The Labute approximate surface area is 82.2 Å². The molecule has 0 heterocycles. The zero-order valence-corrected chi connectivity index (χ0v) is 8.51. The number of ether oxygens (including phenoxy) is 3. The highest BCUT2D eigenvalue weighted by atomic mass is 35.5. The fourth-order valence-electron chi connectivity index (χ4n) is 1.03. The predicted molar refractivity (Wildman–Crippen MR) is 51.1 cm³/mol. The molecule has 0 bridgehead atoms. The Balaban J connectivity index is 3.23. The van der Waals surface area contributed by atoms with Gasteiger partial charge in [0, 0.05) is 0 Å². The Hall–Kier alpha value is -1.09. The summed E-state index contributed by atoms with van der Waals surface area (Å²) in [5.74, 6) is 1.65. The molecule has 1 aromatic carbocycles. The first kappa shape index (κ1) is 9.99. The van der Waals surface area contributed by atoms with Crippen molar-refractivity contribution in [3.8, 4) is 17.2 Å². The van der Waals surface area contributed by atoms with Crippen LogP contribution in [0.4, 0.5) is 0 Å². The van der Waals surface area contributed by atoms with Gasteiger partial charge in [-0.15, -0.1) is 0 Å². The van der Waals surface area contributed by atoms with Gasteiger partial charge in [0.15, 0.2) is 11.5 Å². The largest absolute Gasteiger partial charge is 0.495 e. The second-order valence-corrected chi connectivity index (χ2v) is 2.70. The van der Waals surface area contributed by atoms with E-state index in [-0.39, 0.29) is 0 Å². The van der Waals surface area contributed by atoms with Gasteiger partial charge in [-0.3, -0.25) is 0 Å². The van der Waals surface area contributed by atoms with Gasteiger partial charge in [-0.1, -0.05) is 11.6 Å². The van der Waals surface area contributed by atoms with Crippen molar-refractivity contribution in [1.82, 2.24) is 0 Å². The fourth-order valence-corrected chi connectivity index (χ4v) is 1.34. The third-order valence-electron chi connectivity index (χ3n) is 1.67. The molecule has 4 heteroatoms. The van der Waals surface area contributed by atoms with E-state index in [1.807, 2.05) is 0 Å². The van der Waals surface area contributed by atoms with Crippen molar-refractivity contribution < 1.29 is 14.2 Å². The van der Waals surface area contributed by atoms with Gasteiger partial charge in [-0.05, 0) is 12.1 Å². The maximum absolute atomic E-state index is 5.96. The zero-order chi connectivity index (χ0) is 9.84. The SMILES string of the molecule is COc1ccc(OC)c(OC)c1Cl. The summed E-state index contributed by atoms with van der Waals surface area (Å²) < 4.78 is 15.1. The molecule has 0 fully saturated rings. The molecule has 1 rings (SSSR count). The molecule has 0 spiro atoms. The van der Waals surface area contributed by atoms with E-state index < -0.39 is 0 Å². The molecule has 13 heavy (non-hydrogen) atoms. The van der Waals surface area contributed by atoms with Crippen LogP contribution in [-0.4, -0.2) is 21.3 Å². The van der Waals surface area contributed by atoms with Crippen molar-refractivity contribution in [2.45, 2.75) is 0 Å². The van der Waals surface area contributed by atoms with Crippen LogP contribution in [0.1, 0.15) is 0 Å². The third-order valence-corrected chi connectivity index (χ3v) is 2.03. The van der Waals surface area contributed by atoms with Crippen LogP contribution in [0.3, 0.4) is 0 Å². The van der Waals surface area contributed by atoms with Crippen LogP contribution in [0.2, 0.25) is 5.02 Å². The lowest BCUT2D eigenvalue weighted by Gasteiger charge is -2.11. The number of hydrogen-bond acceptors (Lipinski definition) is 3. The quantitative estimate of drug-likeness (QED) is 0.753. The summed E-state index contributed by atoms with van der Waals surface area (Å²) in [5.41, 5.74) is 0. The molecule has 0 amide bonds. The molecule has 0 N–H and O–H groups in total. The first-order valence-electron chi connectivity index (χ1n) is 3.69. The second kappa shape index (κ2) is 4.23. The van der Waals surface area contributed by atoms with E-state index in [9.17, 15) is 0 Å². The minimum atomic E-state index is 0.421. The van der Waals surface area contributed by atoms with Crippen LogP contribution in [-0.2, 0) is 0 Å². The molecular weight excluding hydrogens is 192 g/mol. The third kappa shape index (κ3) is 1.80. The molecule has 0 radical (unpaired) electrons. The lowest BCUT2D eigenvalue weighted by molar-refractivity contribution is 0.349. The molecule has 0 saturated carbocycles. The van der Waals surface area contributed by atoms with E-state index in [4.69, 9.17) is 25.8 Å². The van der Waals surface area contributed by atoms with Crippen molar-refractivity contribution in [3.05, 3.63) is 17.2 Å². The number of rotatable bonds is 3. The van der Waals surface area contributed by atoms with Crippen LogP contribution in [0.5, 0.6) is 17.2 Å². The highest BCUT2D eigenvalue weighted by Crippen LogP contribution is 2.40. The van der Waals surface area contributed by atoms with Gasteiger partial charge in [-0.25, -0.2) is 0 Å². The van der Waals surface area contributed by atoms with Crippen LogP contribution >= 0.6 is 11.6 Å². The van der Waals surface area contributed by atoms with Crippen LogP contribution < -0.4 is 14.2 Å². The average Bonchev–Trinajstić information content (AvgIpc) is 2.17. The first-order valence-corrected chi connectivity index (χ1v) is 4.06. The standard InChI is InChI=1S/C9H11ClO3/c1-11-6-4-5-7(12-2)9(13-3)8(6)10/h4-5H,1-3H3. The summed E-state index contributed by atoms with van der Waals surface area (Å²) in [6.07, 6.45) is 0. The number of benzene rings is 1. The lowest BCUT2D eigenvalue weighted by atomic mass is 10.3. The van der Waals surface area contributed by atoms with E-state index in [1.54, 1.807) is 26.4 Å². The highest BCUT2D eigenvalue weighted by molar-refractivity contribution is 6.33. The monoisotopic (exact) mass is 202 g/mol. The molecule has 72 valence electrons. The Morgan fingerprint density at radius 3 is 1.92 bits per heavy atom. The minimum Gasteiger partial charge on any atom is -0.495 e. The van der Waals surface area contributed by atoms with Gasteiger partial charge in [0.2, 0.25) is 0 Å². The highest BCUT2D eigenvalue weighted by Gasteiger charge is 2.12. The Kier molecular flexibility index (Phi) is 3.25. The van der Waals surface area contributed by atoms with Gasteiger partial charge in [-0.2, -0.15) is 0 Å². The van der Waals surface area contributed by atoms with Crippen molar-refractivity contribution >= 4 is 11.6 Å². The first-order chi connectivity index (χ1) is 6.24. The van der Waals surface area contributed by atoms with Crippen LogP contribution in [0, 0.1) is 0 Å². The van der Waals surface area contributed by atoms with Gasteiger partial charge >= 0.3 is 0 Å². The van der Waals surface area contributed by atoms with E-state index in [0.29, 0.717) is 22.3 Å². The molecule has 0 saturated heterocycles. The number of hydrogen-bond donors (Lipinski definition) is 0. The molecule has 0 aromatic heterocycles. The van der Waals surface area contributed by atoms with Gasteiger partial charge in [0.1, 0.15) is 10.8 Å². The molecular formula is C9H11ClO3. The number of methoxy groups -OCH3 is 3. The smallest absolute Gasteiger partial charge is 0.183 e. The molecule has 1 aromatic rings. The normalized spacial score (nSPS) is 9.54. The van der Waals surface area contributed by atoms with E-state index in [1.165, 1.54) is 7.11 Å².